The van der Waals surface area contributed by atoms with Gasteiger partial charge in [-0.3, -0.25) is 4.79 Å². The summed E-state index contributed by atoms with van der Waals surface area (Å²) >= 11 is 0. The van der Waals surface area contributed by atoms with Crippen LogP contribution in [0.5, 0.6) is 0 Å². The van der Waals surface area contributed by atoms with Gasteiger partial charge in [0.15, 0.2) is 0 Å². The Bertz CT molecular complexity index is 164. The van der Waals surface area contributed by atoms with E-state index in [1.807, 2.05) is 6.07 Å². The van der Waals surface area contributed by atoms with Gasteiger partial charge in [0.05, 0.1) is 12.0 Å². The summed E-state index contributed by atoms with van der Waals surface area (Å²) in [6.07, 6.45) is 1.09. The van der Waals surface area contributed by atoms with Crippen LogP contribution >= 0.6 is 0 Å². The first-order chi connectivity index (χ1) is 4.24. The van der Waals surface area contributed by atoms with E-state index in [4.69, 9.17) is 10.4 Å². The molecule has 48 valence electrons. The minimum absolute atomic E-state index is 0.00565. The second-order valence-corrected chi connectivity index (χ2v) is 2.33. The number of hydrogen-bond donors (Lipinski definition) is 1. The number of carbonyl (C=O) groups is 1. The molecule has 0 amide bonds. The van der Waals surface area contributed by atoms with Gasteiger partial charge < -0.3 is 5.11 Å². The summed E-state index contributed by atoms with van der Waals surface area (Å²) < 4.78 is 0. The summed E-state index contributed by atoms with van der Waals surface area (Å²) in [5.74, 6) is -0.998. The summed E-state index contributed by atoms with van der Waals surface area (Å²) in [5.41, 5.74) is 0. The minimum atomic E-state index is -0.762. The lowest BCUT2D eigenvalue weighted by Gasteiger charge is -2.26. The van der Waals surface area contributed by atoms with E-state index in [1.165, 1.54) is 0 Å². The van der Waals surface area contributed by atoms with Crippen LogP contribution in [-0.4, -0.2) is 11.1 Å². The highest BCUT2D eigenvalue weighted by molar-refractivity contribution is 5.71. The second kappa shape index (κ2) is 2.06. The van der Waals surface area contributed by atoms with Crippen LogP contribution in [0.2, 0.25) is 0 Å². The first kappa shape index (κ1) is 6.09. The predicted molar refractivity (Wildman–Crippen MR) is 29.5 cm³/mol. The molecule has 0 aromatic carbocycles. The van der Waals surface area contributed by atoms with Crippen LogP contribution < -0.4 is 0 Å². The molecule has 0 aromatic heterocycles. The molecule has 0 bridgehead atoms. The lowest BCUT2D eigenvalue weighted by atomic mass is 9.76. The molecule has 1 aliphatic rings. The summed E-state index contributed by atoms with van der Waals surface area (Å²) in [7, 11) is 0. The van der Waals surface area contributed by atoms with Crippen molar-refractivity contribution in [1.82, 2.24) is 0 Å². The Morgan fingerprint density at radius 1 is 1.67 bits per heavy atom. The molecule has 3 heteroatoms. The van der Waals surface area contributed by atoms with Gasteiger partial charge >= 0.3 is 5.97 Å². The molecular weight excluding hydrogens is 118 g/mol. The third-order valence-electron chi connectivity index (χ3n) is 1.67. The molecular formula is C6H7NO2. The number of carboxylic acids is 1. The molecule has 1 fully saturated rings. The molecule has 0 spiro atoms. The summed E-state index contributed by atoms with van der Waals surface area (Å²) in [4.78, 5) is 10.1. The fourth-order valence-corrected chi connectivity index (χ4v) is 0.925. The van der Waals surface area contributed by atoms with Crippen LogP contribution in [0.4, 0.5) is 0 Å². The number of rotatable bonds is 1. The SMILES string of the molecule is N#CC1CC(C(=O)O)C1. The Hall–Kier alpha value is -1.04. The van der Waals surface area contributed by atoms with Gasteiger partial charge in [-0.2, -0.15) is 5.26 Å². The number of carboxylic acid groups (broad SMARTS) is 1. The molecule has 1 saturated carbocycles. The van der Waals surface area contributed by atoms with Crippen molar-refractivity contribution in [3.05, 3.63) is 0 Å². The molecule has 0 unspecified atom stereocenters. The smallest absolute Gasteiger partial charge is 0.306 e. The Labute approximate surface area is 52.9 Å². The van der Waals surface area contributed by atoms with Crippen molar-refractivity contribution in [2.24, 2.45) is 11.8 Å². The van der Waals surface area contributed by atoms with E-state index in [2.05, 4.69) is 0 Å². The number of hydrogen-bond acceptors (Lipinski definition) is 2. The zero-order chi connectivity index (χ0) is 6.85. The lowest BCUT2D eigenvalue weighted by Crippen LogP contribution is -2.29. The third kappa shape index (κ3) is 1.02. The highest BCUT2D eigenvalue weighted by Gasteiger charge is 2.34. The normalized spacial score (nSPS) is 32.3. The van der Waals surface area contributed by atoms with Gasteiger partial charge in [0.2, 0.25) is 0 Å². The van der Waals surface area contributed by atoms with Crippen LogP contribution in [-0.2, 0) is 4.79 Å². The van der Waals surface area contributed by atoms with Crippen molar-refractivity contribution in [1.29, 1.82) is 5.26 Å². The molecule has 0 aromatic rings. The molecule has 1 rings (SSSR count). The van der Waals surface area contributed by atoms with E-state index < -0.39 is 5.97 Å². The standard InChI is InChI=1S/C6H7NO2/c7-3-4-1-5(2-4)6(8)9/h4-5H,1-2H2,(H,8,9). The number of aliphatic carboxylic acids is 1. The van der Waals surface area contributed by atoms with Crippen molar-refractivity contribution in [2.75, 3.05) is 0 Å². The van der Waals surface area contributed by atoms with Crippen LogP contribution in [0, 0.1) is 23.2 Å². The van der Waals surface area contributed by atoms with E-state index in [0.29, 0.717) is 12.8 Å². The maximum atomic E-state index is 10.1. The zero-order valence-corrected chi connectivity index (χ0v) is 4.87. The highest BCUT2D eigenvalue weighted by Crippen LogP contribution is 2.32. The van der Waals surface area contributed by atoms with E-state index in [-0.39, 0.29) is 11.8 Å². The minimum Gasteiger partial charge on any atom is -0.481 e. The van der Waals surface area contributed by atoms with Gasteiger partial charge in [-0.1, -0.05) is 0 Å². The fourth-order valence-electron chi connectivity index (χ4n) is 0.925. The summed E-state index contributed by atoms with van der Waals surface area (Å²) in [5, 5.41) is 16.6. The van der Waals surface area contributed by atoms with Crippen molar-refractivity contribution >= 4 is 5.97 Å². The van der Waals surface area contributed by atoms with Crippen LogP contribution in [0.25, 0.3) is 0 Å². The molecule has 3 nitrogen and oxygen atoms in total. The Kier molecular flexibility index (Phi) is 1.39. The van der Waals surface area contributed by atoms with Crippen LogP contribution in [0.15, 0.2) is 0 Å². The fraction of sp³-hybridized carbons (Fsp3) is 0.667. The van der Waals surface area contributed by atoms with E-state index >= 15 is 0 Å². The Morgan fingerprint density at radius 3 is 2.56 bits per heavy atom. The third-order valence-corrected chi connectivity index (χ3v) is 1.67. The molecule has 0 aliphatic heterocycles. The van der Waals surface area contributed by atoms with Crippen molar-refractivity contribution in [2.45, 2.75) is 12.8 Å². The molecule has 9 heavy (non-hydrogen) atoms. The van der Waals surface area contributed by atoms with Gasteiger partial charge in [0, 0.05) is 5.92 Å². The van der Waals surface area contributed by atoms with Crippen molar-refractivity contribution in [3.63, 3.8) is 0 Å². The highest BCUT2D eigenvalue weighted by atomic mass is 16.4. The summed E-state index contributed by atoms with van der Waals surface area (Å²) in [6.45, 7) is 0. The average Bonchev–Trinajstić information content (AvgIpc) is 1.61. The summed E-state index contributed by atoms with van der Waals surface area (Å²) in [6, 6.07) is 2.02. The van der Waals surface area contributed by atoms with Crippen LogP contribution in [0.3, 0.4) is 0 Å². The number of nitrogens with zero attached hydrogens (tertiary/aromatic N) is 1. The zero-order valence-electron chi connectivity index (χ0n) is 4.87. The molecule has 0 heterocycles. The van der Waals surface area contributed by atoms with E-state index in [9.17, 15) is 4.79 Å². The Balaban J connectivity index is 2.29. The molecule has 1 aliphatic carbocycles. The maximum absolute atomic E-state index is 10.1. The van der Waals surface area contributed by atoms with Gasteiger partial charge in [-0.05, 0) is 12.8 Å². The number of nitriles is 1. The van der Waals surface area contributed by atoms with E-state index in [1.54, 1.807) is 0 Å². The predicted octanol–water partition coefficient (Wildman–Crippen LogP) is 0.621. The van der Waals surface area contributed by atoms with Crippen molar-refractivity contribution < 1.29 is 9.90 Å². The second-order valence-electron chi connectivity index (χ2n) is 2.33. The van der Waals surface area contributed by atoms with Gasteiger partial charge in [-0.15, -0.1) is 0 Å². The molecule has 0 radical (unpaired) electrons. The first-order valence-electron chi connectivity index (χ1n) is 2.86. The average molecular weight is 125 g/mol. The molecule has 0 atom stereocenters. The largest absolute Gasteiger partial charge is 0.481 e. The lowest BCUT2D eigenvalue weighted by molar-refractivity contribution is -0.145. The van der Waals surface area contributed by atoms with Gasteiger partial charge in [-0.25, -0.2) is 0 Å². The van der Waals surface area contributed by atoms with Gasteiger partial charge in [0.1, 0.15) is 0 Å². The monoisotopic (exact) mass is 125 g/mol. The molecule has 1 N–H and O–H groups in total. The van der Waals surface area contributed by atoms with Gasteiger partial charge in [0.25, 0.3) is 0 Å². The van der Waals surface area contributed by atoms with Crippen molar-refractivity contribution in [3.8, 4) is 6.07 Å². The quantitative estimate of drug-likeness (QED) is 0.558. The van der Waals surface area contributed by atoms with Crippen LogP contribution in [0.1, 0.15) is 12.8 Å². The Morgan fingerprint density at radius 2 is 2.22 bits per heavy atom. The maximum Gasteiger partial charge on any atom is 0.306 e. The topological polar surface area (TPSA) is 61.1 Å². The molecule has 0 saturated heterocycles. The van der Waals surface area contributed by atoms with E-state index in [0.717, 1.165) is 0 Å². The first-order valence-corrected chi connectivity index (χ1v) is 2.86.